The lowest BCUT2D eigenvalue weighted by molar-refractivity contribution is 0.0690. The third-order valence-corrected chi connectivity index (χ3v) is 3.59. The monoisotopic (exact) mass is 315 g/mol. The number of hydrogen-bond acceptors (Lipinski definition) is 4. The molecule has 3 rings (SSSR count). The average Bonchev–Trinajstić information content (AvgIpc) is 3.01. The number of aromatic nitrogens is 2. The van der Waals surface area contributed by atoms with Crippen LogP contribution in [0.1, 0.15) is 46.0 Å². The van der Waals surface area contributed by atoms with E-state index in [4.69, 9.17) is 9.84 Å². The summed E-state index contributed by atoms with van der Waals surface area (Å²) < 4.78 is 5.72. The molecule has 1 aromatic carbocycles. The number of nitrogens with zero attached hydrogens (tertiary/aromatic N) is 1. The quantitative estimate of drug-likeness (QED) is 0.801. The van der Waals surface area contributed by atoms with Gasteiger partial charge in [-0.1, -0.05) is 0 Å². The Morgan fingerprint density at radius 3 is 2.74 bits per heavy atom. The summed E-state index contributed by atoms with van der Waals surface area (Å²) >= 11 is 0. The van der Waals surface area contributed by atoms with Gasteiger partial charge in [-0.3, -0.25) is 4.79 Å². The Labute approximate surface area is 132 Å². The maximum atomic E-state index is 12.1. The zero-order chi connectivity index (χ0) is 16.7. The summed E-state index contributed by atoms with van der Waals surface area (Å²) in [5.74, 6) is -0.312. The molecule has 0 aliphatic carbocycles. The first kappa shape index (κ1) is 15.1. The highest BCUT2D eigenvalue weighted by Crippen LogP contribution is 2.33. The molecule has 3 N–H and O–H groups in total. The van der Waals surface area contributed by atoms with Crippen molar-refractivity contribution >= 4 is 11.9 Å². The van der Waals surface area contributed by atoms with Crippen molar-refractivity contribution in [2.24, 2.45) is 0 Å². The van der Waals surface area contributed by atoms with Crippen molar-refractivity contribution in [1.82, 2.24) is 15.3 Å². The number of aryl methyl sites for hydroxylation is 1. The molecule has 2 aromatic rings. The number of carboxylic acids is 1. The normalized spacial score (nSPS) is 13.1. The lowest BCUT2D eigenvalue weighted by Crippen LogP contribution is -2.13. The van der Waals surface area contributed by atoms with E-state index in [0.29, 0.717) is 34.9 Å². The third kappa shape index (κ3) is 2.65. The molecule has 0 fully saturated rings. The highest BCUT2D eigenvalue weighted by molar-refractivity contribution is 6.04. The summed E-state index contributed by atoms with van der Waals surface area (Å²) in [6.45, 7) is 5.85. The SMILES string of the molecule is Cc1nc(-c2cc(OC(C)C)cc3c2C(=O)NC3)[nH]c1C(=O)O. The molecular weight excluding hydrogens is 298 g/mol. The molecule has 0 bridgehead atoms. The summed E-state index contributed by atoms with van der Waals surface area (Å²) in [4.78, 5) is 30.4. The number of ether oxygens (including phenoxy) is 1. The van der Waals surface area contributed by atoms with Gasteiger partial charge >= 0.3 is 5.97 Å². The van der Waals surface area contributed by atoms with Gasteiger partial charge in [0.15, 0.2) is 0 Å². The van der Waals surface area contributed by atoms with Crippen LogP contribution in [0.25, 0.3) is 11.4 Å². The van der Waals surface area contributed by atoms with Gasteiger partial charge in [-0.25, -0.2) is 9.78 Å². The molecule has 0 saturated heterocycles. The second-order valence-electron chi connectivity index (χ2n) is 5.71. The number of fused-ring (bicyclic) bond motifs is 1. The first-order valence-corrected chi connectivity index (χ1v) is 7.29. The topological polar surface area (TPSA) is 104 Å². The zero-order valence-electron chi connectivity index (χ0n) is 13.1. The summed E-state index contributed by atoms with van der Waals surface area (Å²) in [5, 5.41) is 11.9. The van der Waals surface area contributed by atoms with Gasteiger partial charge in [0.2, 0.25) is 0 Å². The van der Waals surface area contributed by atoms with Crippen molar-refractivity contribution in [3.05, 3.63) is 34.6 Å². The lowest BCUT2D eigenvalue weighted by Gasteiger charge is -2.13. The first-order valence-electron chi connectivity index (χ1n) is 7.29. The number of nitrogens with one attached hydrogen (secondary N) is 2. The molecule has 7 heteroatoms. The van der Waals surface area contributed by atoms with Crippen molar-refractivity contribution in [3.8, 4) is 17.1 Å². The van der Waals surface area contributed by atoms with E-state index in [0.717, 1.165) is 5.56 Å². The highest BCUT2D eigenvalue weighted by Gasteiger charge is 2.27. The van der Waals surface area contributed by atoms with Crippen LogP contribution in [0.15, 0.2) is 12.1 Å². The molecule has 0 atom stereocenters. The number of H-pyrrole nitrogens is 1. The van der Waals surface area contributed by atoms with Gasteiger partial charge in [0.25, 0.3) is 5.91 Å². The molecule has 23 heavy (non-hydrogen) atoms. The Kier molecular flexibility index (Phi) is 3.55. The Bertz CT molecular complexity index is 808. The number of amides is 1. The van der Waals surface area contributed by atoms with Crippen molar-refractivity contribution in [2.45, 2.75) is 33.4 Å². The largest absolute Gasteiger partial charge is 0.491 e. The van der Waals surface area contributed by atoms with Crippen molar-refractivity contribution in [3.63, 3.8) is 0 Å². The number of rotatable bonds is 4. The number of carbonyl (C=O) groups excluding carboxylic acids is 1. The van der Waals surface area contributed by atoms with Crippen molar-refractivity contribution in [1.29, 1.82) is 0 Å². The fourth-order valence-corrected chi connectivity index (χ4v) is 2.67. The first-order chi connectivity index (χ1) is 10.9. The van der Waals surface area contributed by atoms with Gasteiger partial charge < -0.3 is 20.1 Å². The number of carboxylic acid groups (broad SMARTS) is 1. The number of aromatic amines is 1. The molecule has 0 unspecified atom stereocenters. The zero-order valence-corrected chi connectivity index (χ0v) is 13.1. The predicted molar refractivity (Wildman–Crippen MR) is 82.7 cm³/mol. The predicted octanol–water partition coefficient (Wildman–Crippen LogP) is 2.11. The van der Waals surface area contributed by atoms with Crippen LogP contribution >= 0.6 is 0 Å². The van der Waals surface area contributed by atoms with Crippen LogP contribution in [0.3, 0.4) is 0 Å². The molecule has 120 valence electrons. The van der Waals surface area contributed by atoms with E-state index >= 15 is 0 Å². The molecule has 7 nitrogen and oxygen atoms in total. The Hall–Kier alpha value is -2.83. The molecule has 1 amide bonds. The minimum atomic E-state index is -1.09. The number of benzene rings is 1. The summed E-state index contributed by atoms with van der Waals surface area (Å²) in [6.07, 6.45) is -0.0149. The van der Waals surface area contributed by atoms with Crippen LogP contribution in [0.5, 0.6) is 5.75 Å². The molecule has 2 heterocycles. The third-order valence-electron chi connectivity index (χ3n) is 3.59. The minimum absolute atomic E-state index is 0.0149. The maximum absolute atomic E-state index is 12.1. The molecule has 0 saturated carbocycles. The van der Waals surface area contributed by atoms with Gasteiger partial charge in [-0.2, -0.15) is 0 Å². The van der Waals surface area contributed by atoms with Gasteiger partial charge in [-0.05, 0) is 38.5 Å². The Balaban J connectivity index is 2.17. The molecule has 1 aromatic heterocycles. The summed E-state index contributed by atoms with van der Waals surface area (Å²) in [7, 11) is 0. The van der Waals surface area contributed by atoms with E-state index in [9.17, 15) is 9.59 Å². The maximum Gasteiger partial charge on any atom is 0.354 e. The molecule has 0 radical (unpaired) electrons. The van der Waals surface area contributed by atoms with Crippen LogP contribution in [-0.4, -0.2) is 33.1 Å². The fraction of sp³-hybridized carbons (Fsp3) is 0.312. The molecule has 1 aliphatic rings. The standard InChI is InChI=1S/C16H17N3O4/c1-7(2)23-10-4-9-6-17-15(20)12(9)11(5-10)14-18-8(3)13(19-14)16(21)22/h4-5,7H,6H2,1-3H3,(H,17,20)(H,18,19)(H,21,22). The number of carbonyl (C=O) groups is 2. The molecule has 0 spiro atoms. The van der Waals surface area contributed by atoms with Crippen LogP contribution in [0.2, 0.25) is 0 Å². The number of imidazole rings is 1. The summed E-state index contributed by atoms with van der Waals surface area (Å²) in [5.41, 5.74) is 2.25. The Morgan fingerprint density at radius 1 is 1.39 bits per heavy atom. The number of aromatic carboxylic acids is 1. The van der Waals surface area contributed by atoms with E-state index in [-0.39, 0.29) is 17.7 Å². The van der Waals surface area contributed by atoms with Crippen LogP contribution in [-0.2, 0) is 6.54 Å². The van der Waals surface area contributed by atoms with E-state index in [1.54, 1.807) is 13.0 Å². The average molecular weight is 315 g/mol. The van der Waals surface area contributed by atoms with Crippen LogP contribution in [0, 0.1) is 6.92 Å². The smallest absolute Gasteiger partial charge is 0.354 e. The lowest BCUT2D eigenvalue weighted by atomic mass is 10.0. The highest BCUT2D eigenvalue weighted by atomic mass is 16.5. The second-order valence-corrected chi connectivity index (χ2v) is 5.71. The fourth-order valence-electron chi connectivity index (χ4n) is 2.67. The van der Waals surface area contributed by atoms with Crippen molar-refractivity contribution < 1.29 is 19.4 Å². The van der Waals surface area contributed by atoms with E-state index in [1.807, 2.05) is 19.9 Å². The van der Waals surface area contributed by atoms with E-state index in [2.05, 4.69) is 15.3 Å². The van der Waals surface area contributed by atoms with Gasteiger partial charge in [0.1, 0.15) is 17.3 Å². The van der Waals surface area contributed by atoms with E-state index in [1.165, 1.54) is 0 Å². The van der Waals surface area contributed by atoms with Gasteiger partial charge in [0.05, 0.1) is 17.4 Å². The molecular formula is C16H17N3O4. The van der Waals surface area contributed by atoms with E-state index < -0.39 is 5.97 Å². The van der Waals surface area contributed by atoms with Crippen LogP contribution in [0.4, 0.5) is 0 Å². The van der Waals surface area contributed by atoms with Crippen molar-refractivity contribution in [2.75, 3.05) is 0 Å². The summed E-state index contributed by atoms with van der Waals surface area (Å²) in [6, 6.07) is 3.54. The minimum Gasteiger partial charge on any atom is -0.491 e. The van der Waals surface area contributed by atoms with Gasteiger partial charge in [-0.15, -0.1) is 0 Å². The van der Waals surface area contributed by atoms with Gasteiger partial charge in [0, 0.05) is 12.1 Å². The number of hydrogen-bond donors (Lipinski definition) is 3. The second kappa shape index (κ2) is 5.42. The Morgan fingerprint density at radius 2 is 2.13 bits per heavy atom. The molecule has 1 aliphatic heterocycles. The van der Waals surface area contributed by atoms with Crippen LogP contribution < -0.4 is 10.1 Å².